The van der Waals surface area contributed by atoms with E-state index in [2.05, 4.69) is 45.0 Å². The molecule has 0 radical (unpaired) electrons. The molecule has 0 aliphatic heterocycles. The first-order valence-corrected chi connectivity index (χ1v) is 7.85. The first kappa shape index (κ1) is 15.5. The molecule has 0 saturated carbocycles. The number of hydrogen-bond donors (Lipinski definition) is 0. The molecule has 0 saturated heterocycles. The lowest BCUT2D eigenvalue weighted by Gasteiger charge is -2.02. The number of hydrogen-bond acceptors (Lipinski definition) is 4. The zero-order chi connectivity index (χ0) is 16.2. The van der Waals surface area contributed by atoms with E-state index in [9.17, 15) is 0 Å². The van der Waals surface area contributed by atoms with Gasteiger partial charge in [-0.25, -0.2) is 4.98 Å². The van der Waals surface area contributed by atoms with Gasteiger partial charge in [-0.05, 0) is 42.8 Å². The molecule has 3 rings (SSSR count). The number of pyridine rings is 1. The summed E-state index contributed by atoms with van der Waals surface area (Å²) in [5.41, 5.74) is 2.95. The molecular weight excluding hydrogens is 356 g/mol. The zero-order valence-corrected chi connectivity index (χ0v) is 14.4. The van der Waals surface area contributed by atoms with Gasteiger partial charge in [-0.1, -0.05) is 22.0 Å². The molecule has 5 heteroatoms. The summed E-state index contributed by atoms with van der Waals surface area (Å²) in [6, 6.07) is 13.6. The van der Waals surface area contributed by atoms with Gasteiger partial charge in [0.15, 0.2) is 0 Å². The van der Waals surface area contributed by atoms with Crippen LogP contribution in [0, 0.1) is 6.92 Å². The second-order valence-corrected chi connectivity index (χ2v) is 5.86. The highest BCUT2D eigenvalue weighted by Gasteiger charge is 2.07. The Morgan fingerprint density at radius 3 is 2.74 bits per heavy atom. The molecule has 23 heavy (non-hydrogen) atoms. The van der Waals surface area contributed by atoms with E-state index in [0.29, 0.717) is 11.6 Å². The standard InChI is InChI=1S/C18H15BrN2O2/c1-12-3-6-15(16(19)9-12)17-7-5-14(23-17)11-20-13-4-8-18(22-2)21-10-13/h3-11H,1-2H3. The van der Waals surface area contributed by atoms with Crippen molar-refractivity contribution in [1.29, 1.82) is 0 Å². The van der Waals surface area contributed by atoms with Crippen LogP contribution in [0.15, 0.2) is 62.5 Å². The minimum Gasteiger partial charge on any atom is -0.481 e. The number of furan rings is 1. The van der Waals surface area contributed by atoms with Crippen LogP contribution in [-0.2, 0) is 0 Å². The predicted octanol–water partition coefficient (Wildman–Crippen LogP) is 5.17. The summed E-state index contributed by atoms with van der Waals surface area (Å²) >= 11 is 3.57. The molecule has 0 bridgehead atoms. The Bertz CT molecular complexity index is 838. The SMILES string of the molecule is COc1ccc(N=Cc2ccc(-c3ccc(C)cc3Br)o2)cn1. The lowest BCUT2D eigenvalue weighted by atomic mass is 10.1. The number of aliphatic imine (C=N–C) groups is 1. The molecule has 116 valence electrons. The highest BCUT2D eigenvalue weighted by atomic mass is 79.9. The van der Waals surface area contributed by atoms with E-state index < -0.39 is 0 Å². The molecule has 0 atom stereocenters. The lowest BCUT2D eigenvalue weighted by Crippen LogP contribution is -1.85. The number of ether oxygens (including phenoxy) is 1. The van der Waals surface area contributed by atoms with Crippen molar-refractivity contribution in [2.24, 2.45) is 4.99 Å². The van der Waals surface area contributed by atoms with Crippen LogP contribution in [0.1, 0.15) is 11.3 Å². The summed E-state index contributed by atoms with van der Waals surface area (Å²) in [5.74, 6) is 2.04. The summed E-state index contributed by atoms with van der Waals surface area (Å²) < 4.78 is 11.9. The van der Waals surface area contributed by atoms with Gasteiger partial charge < -0.3 is 9.15 Å². The van der Waals surface area contributed by atoms with E-state index in [4.69, 9.17) is 9.15 Å². The molecule has 0 N–H and O–H groups in total. The molecular formula is C18H15BrN2O2. The fourth-order valence-corrected chi connectivity index (χ4v) is 2.78. The smallest absolute Gasteiger partial charge is 0.213 e. The number of methoxy groups -OCH3 is 1. The quantitative estimate of drug-likeness (QED) is 0.595. The van der Waals surface area contributed by atoms with Crippen LogP contribution in [-0.4, -0.2) is 18.3 Å². The fourth-order valence-electron chi connectivity index (χ4n) is 2.09. The third-order valence-corrected chi connectivity index (χ3v) is 3.94. The molecule has 2 heterocycles. The molecule has 4 nitrogen and oxygen atoms in total. The molecule has 0 aliphatic carbocycles. The Morgan fingerprint density at radius 1 is 1.17 bits per heavy atom. The van der Waals surface area contributed by atoms with Crippen LogP contribution in [0.5, 0.6) is 5.88 Å². The summed E-state index contributed by atoms with van der Waals surface area (Å²) in [5, 5.41) is 0. The van der Waals surface area contributed by atoms with E-state index in [1.165, 1.54) is 5.56 Å². The van der Waals surface area contributed by atoms with Crippen LogP contribution in [0.2, 0.25) is 0 Å². The number of nitrogens with zero attached hydrogens (tertiary/aromatic N) is 2. The summed E-state index contributed by atoms with van der Waals surface area (Å²) in [7, 11) is 1.58. The Hall–Kier alpha value is -2.40. The molecule has 0 spiro atoms. The third kappa shape index (κ3) is 3.68. The molecule has 2 aromatic heterocycles. The average Bonchev–Trinajstić information content (AvgIpc) is 3.02. The van der Waals surface area contributed by atoms with Crippen molar-refractivity contribution in [3.8, 4) is 17.2 Å². The molecule has 0 unspecified atom stereocenters. The van der Waals surface area contributed by atoms with Gasteiger partial charge in [0.1, 0.15) is 11.5 Å². The van der Waals surface area contributed by atoms with Crippen molar-refractivity contribution in [2.75, 3.05) is 7.11 Å². The van der Waals surface area contributed by atoms with Gasteiger partial charge in [-0.3, -0.25) is 4.99 Å². The van der Waals surface area contributed by atoms with Crippen LogP contribution in [0.4, 0.5) is 5.69 Å². The van der Waals surface area contributed by atoms with Crippen LogP contribution >= 0.6 is 15.9 Å². The Labute approximate surface area is 143 Å². The monoisotopic (exact) mass is 370 g/mol. The largest absolute Gasteiger partial charge is 0.481 e. The van der Waals surface area contributed by atoms with Crippen LogP contribution < -0.4 is 4.74 Å². The Morgan fingerprint density at radius 2 is 2.04 bits per heavy atom. The van der Waals surface area contributed by atoms with Crippen molar-refractivity contribution in [3.05, 3.63) is 64.5 Å². The normalized spacial score (nSPS) is 11.1. The topological polar surface area (TPSA) is 47.6 Å². The van der Waals surface area contributed by atoms with E-state index in [1.54, 1.807) is 25.6 Å². The molecule has 0 fully saturated rings. The third-order valence-electron chi connectivity index (χ3n) is 3.29. The van der Waals surface area contributed by atoms with Gasteiger partial charge in [0.25, 0.3) is 0 Å². The van der Waals surface area contributed by atoms with Crippen molar-refractivity contribution in [3.63, 3.8) is 0 Å². The summed E-state index contributed by atoms with van der Waals surface area (Å²) in [6.45, 7) is 2.05. The fraction of sp³-hybridized carbons (Fsp3) is 0.111. The highest BCUT2D eigenvalue weighted by molar-refractivity contribution is 9.10. The van der Waals surface area contributed by atoms with E-state index >= 15 is 0 Å². The van der Waals surface area contributed by atoms with Gasteiger partial charge in [0.05, 0.1) is 25.2 Å². The van der Waals surface area contributed by atoms with Crippen molar-refractivity contribution < 1.29 is 9.15 Å². The number of benzene rings is 1. The van der Waals surface area contributed by atoms with E-state index in [1.807, 2.05) is 24.3 Å². The second-order valence-electron chi connectivity index (χ2n) is 5.00. The summed E-state index contributed by atoms with van der Waals surface area (Å²) in [6.07, 6.45) is 3.32. The van der Waals surface area contributed by atoms with Crippen molar-refractivity contribution in [1.82, 2.24) is 4.98 Å². The highest BCUT2D eigenvalue weighted by Crippen LogP contribution is 2.30. The molecule has 1 aromatic carbocycles. The molecule has 0 aliphatic rings. The molecule has 3 aromatic rings. The predicted molar refractivity (Wildman–Crippen MR) is 94.6 cm³/mol. The van der Waals surface area contributed by atoms with E-state index in [-0.39, 0.29) is 0 Å². The second kappa shape index (κ2) is 6.79. The lowest BCUT2D eigenvalue weighted by molar-refractivity contribution is 0.398. The average molecular weight is 371 g/mol. The van der Waals surface area contributed by atoms with Crippen LogP contribution in [0.3, 0.4) is 0 Å². The number of aryl methyl sites for hydroxylation is 1. The van der Waals surface area contributed by atoms with Gasteiger partial charge in [-0.2, -0.15) is 0 Å². The maximum absolute atomic E-state index is 5.83. The number of halogens is 1. The van der Waals surface area contributed by atoms with E-state index in [0.717, 1.165) is 21.5 Å². The van der Waals surface area contributed by atoms with Gasteiger partial charge in [-0.15, -0.1) is 0 Å². The van der Waals surface area contributed by atoms with Crippen molar-refractivity contribution >= 4 is 27.8 Å². The number of aromatic nitrogens is 1. The zero-order valence-electron chi connectivity index (χ0n) is 12.8. The van der Waals surface area contributed by atoms with Crippen LogP contribution in [0.25, 0.3) is 11.3 Å². The number of rotatable bonds is 4. The van der Waals surface area contributed by atoms with Gasteiger partial charge in [0.2, 0.25) is 5.88 Å². The minimum absolute atomic E-state index is 0.563. The minimum atomic E-state index is 0.563. The summed E-state index contributed by atoms with van der Waals surface area (Å²) in [4.78, 5) is 8.46. The Balaban J connectivity index is 1.79. The maximum Gasteiger partial charge on any atom is 0.213 e. The van der Waals surface area contributed by atoms with Gasteiger partial charge >= 0.3 is 0 Å². The Kier molecular flexibility index (Phi) is 4.57. The molecule has 0 amide bonds. The van der Waals surface area contributed by atoms with Crippen molar-refractivity contribution in [2.45, 2.75) is 6.92 Å². The first-order valence-electron chi connectivity index (χ1n) is 7.06. The first-order chi connectivity index (χ1) is 11.2. The maximum atomic E-state index is 5.83. The van der Waals surface area contributed by atoms with Gasteiger partial charge in [0, 0.05) is 16.1 Å².